The molecule has 0 heterocycles. The first-order valence-corrected chi connectivity index (χ1v) is 13.8. The lowest BCUT2D eigenvalue weighted by molar-refractivity contribution is 0.133. The van der Waals surface area contributed by atoms with Gasteiger partial charge in [0.15, 0.2) is 0 Å². The first kappa shape index (κ1) is 28.9. The average molecular weight is 471 g/mol. The third kappa shape index (κ3) is 7.33. The van der Waals surface area contributed by atoms with Gasteiger partial charge in [0.25, 0.3) is 0 Å². The molecule has 0 saturated heterocycles. The Hall–Kier alpha value is -2.34. The van der Waals surface area contributed by atoms with Crippen LogP contribution in [0.15, 0.2) is 61.2 Å². The minimum atomic E-state index is 0.285. The predicted octanol–water partition coefficient (Wildman–Crippen LogP) is 11.5. The van der Waals surface area contributed by atoms with Crippen LogP contribution in [0.5, 0.6) is 0 Å². The third-order valence-electron chi connectivity index (χ3n) is 8.13. The number of fused-ring (bicyclic) bond motifs is 2. The van der Waals surface area contributed by atoms with Gasteiger partial charge in [-0.25, -0.2) is 0 Å². The van der Waals surface area contributed by atoms with Crippen molar-refractivity contribution in [2.24, 2.45) is 16.7 Å². The first-order chi connectivity index (χ1) is 16.6. The molecule has 0 saturated carbocycles. The van der Waals surface area contributed by atoms with Crippen molar-refractivity contribution in [3.8, 4) is 0 Å². The van der Waals surface area contributed by atoms with E-state index in [1.807, 2.05) is 6.08 Å². The Kier molecular flexibility index (Phi) is 10.8. The Morgan fingerprint density at radius 3 is 2.31 bits per heavy atom. The van der Waals surface area contributed by atoms with Gasteiger partial charge in [0.05, 0.1) is 0 Å². The Morgan fingerprint density at radius 1 is 1.00 bits per heavy atom. The normalized spacial score (nSPS) is 15.4. The Morgan fingerprint density at radius 2 is 1.69 bits per heavy atom. The maximum absolute atomic E-state index is 4.44. The summed E-state index contributed by atoms with van der Waals surface area (Å²) in [5.41, 5.74) is 5.88. The van der Waals surface area contributed by atoms with Crippen molar-refractivity contribution >= 4 is 29.0 Å². The summed E-state index contributed by atoms with van der Waals surface area (Å²) in [6.07, 6.45) is 19.5. The van der Waals surface area contributed by atoms with E-state index in [0.717, 1.165) is 12.3 Å². The molecule has 35 heavy (non-hydrogen) atoms. The largest absolute Gasteiger partial charge is 0.0993 e. The Bertz CT molecular complexity index is 1040. The quantitative estimate of drug-likeness (QED) is 0.320. The molecule has 1 aliphatic carbocycles. The van der Waals surface area contributed by atoms with E-state index in [-0.39, 0.29) is 5.41 Å². The van der Waals surface area contributed by atoms with Gasteiger partial charge in [0, 0.05) is 0 Å². The molecule has 0 amide bonds. The maximum Gasteiger partial charge on any atom is -0.00707 e. The fourth-order valence-electron chi connectivity index (χ4n) is 5.33. The molecule has 0 N–H and O–H groups in total. The zero-order valence-electron chi connectivity index (χ0n) is 23.7. The van der Waals surface area contributed by atoms with Crippen molar-refractivity contribution in [1.82, 2.24) is 0 Å². The summed E-state index contributed by atoms with van der Waals surface area (Å²) in [4.78, 5) is 0. The summed E-state index contributed by atoms with van der Waals surface area (Å²) in [7, 11) is 0. The minimum Gasteiger partial charge on any atom is -0.0993 e. The number of benzene rings is 2. The van der Waals surface area contributed by atoms with Gasteiger partial charge < -0.3 is 0 Å². The van der Waals surface area contributed by atoms with Gasteiger partial charge in [0.1, 0.15) is 0 Å². The van der Waals surface area contributed by atoms with Crippen LogP contribution >= 0.6 is 0 Å². The van der Waals surface area contributed by atoms with Gasteiger partial charge >= 0.3 is 0 Å². The molecular formula is C35H50. The molecule has 0 spiro atoms. The average Bonchev–Trinajstić information content (AvgIpc) is 3.06. The molecule has 0 heteroatoms. The van der Waals surface area contributed by atoms with Crippen molar-refractivity contribution in [2.75, 3.05) is 0 Å². The van der Waals surface area contributed by atoms with Gasteiger partial charge in [-0.15, -0.1) is 0 Å². The van der Waals surface area contributed by atoms with E-state index in [9.17, 15) is 0 Å². The van der Waals surface area contributed by atoms with E-state index in [1.54, 1.807) is 0 Å². The van der Waals surface area contributed by atoms with Crippen LogP contribution in [0.25, 0.3) is 29.0 Å². The van der Waals surface area contributed by atoms with Crippen molar-refractivity contribution in [1.29, 1.82) is 0 Å². The number of hydrogen-bond donors (Lipinski definition) is 0. The minimum absolute atomic E-state index is 0.285. The third-order valence-corrected chi connectivity index (χ3v) is 8.13. The lowest BCUT2D eigenvalue weighted by atomic mass is 9.61. The molecule has 2 aromatic carbocycles. The Labute approximate surface area is 216 Å². The second kappa shape index (κ2) is 13.1. The Balaban J connectivity index is 0.000000247. The molecule has 0 nitrogen and oxygen atoms in total. The first-order valence-electron chi connectivity index (χ1n) is 13.8. The fraction of sp³-hybridized carbons (Fsp3) is 0.486. The smallest absolute Gasteiger partial charge is 0.00707 e. The van der Waals surface area contributed by atoms with E-state index < -0.39 is 0 Å². The molecule has 0 bridgehead atoms. The van der Waals surface area contributed by atoms with Gasteiger partial charge in [-0.3, -0.25) is 0 Å². The van der Waals surface area contributed by atoms with Gasteiger partial charge in [-0.1, -0.05) is 141 Å². The van der Waals surface area contributed by atoms with E-state index in [2.05, 4.69) is 116 Å². The summed E-state index contributed by atoms with van der Waals surface area (Å²) in [6.45, 7) is 24.9. The molecule has 190 valence electrons. The van der Waals surface area contributed by atoms with Crippen LogP contribution in [0.1, 0.15) is 110 Å². The van der Waals surface area contributed by atoms with Gasteiger partial charge in [-0.05, 0) is 76.0 Å². The molecule has 0 radical (unpaired) electrons. The van der Waals surface area contributed by atoms with Crippen molar-refractivity contribution in [2.45, 2.75) is 93.4 Å². The lowest BCUT2D eigenvalue weighted by Gasteiger charge is -2.44. The number of rotatable bonds is 9. The summed E-state index contributed by atoms with van der Waals surface area (Å²) in [5, 5.41) is 2.56. The second-order valence-electron chi connectivity index (χ2n) is 11.6. The van der Waals surface area contributed by atoms with Crippen LogP contribution in [0.3, 0.4) is 0 Å². The van der Waals surface area contributed by atoms with Crippen LogP contribution in [0.4, 0.5) is 0 Å². The van der Waals surface area contributed by atoms with E-state index >= 15 is 0 Å². The monoisotopic (exact) mass is 470 g/mol. The number of hydrogen-bond acceptors (Lipinski definition) is 0. The standard InChI is InChI=1S/C18H36.C17H14/c1-9-11-15(3)12-13-16(4)18(8,14-10-2)17(5,6)7;1-2-15-16-10-5-3-4-8-13(16)12-14-9-6-7-11-17(14)15/h15H,4,9-14H2,1-3,5-8H3;2,4-12H,1,3H2. The van der Waals surface area contributed by atoms with Crippen LogP contribution in [-0.2, 0) is 0 Å². The SMILES string of the molecule is C=C(CCC(C)CCC)C(C)(CCC)C(C)(C)C.C=Cc1c2c(cc3ccccc13)C=CCC=C2. The molecule has 2 aromatic rings. The van der Waals surface area contributed by atoms with E-state index in [1.165, 1.54) is 71.6 Å². The molecule has 3 rings (SSSR count). The molecule has 0 aliphatic heterocycles. The fourth-order valence-corrected chi connectivity index (χ4v) is 5.33. The summed E-state index contributed by atoms with van der Waals surface area (Å²) >= 11 is 0. The summed E-state index contributed by atoms with van der Waals surface area (Å²) in [6, 6.07) is 10.7. The molecule has 2 unspecified atom stereocenters. The zero-order valence-corrected chi connectivity index (χ0v) is 23.7. The van der Waals surface area contributed by atoms with Crippen LogP contribution in [0.2, 0.25) is 0 Å². The highest BCUT2D eigenvalue weighted by Crippen LogP contribution is 2.49. The highest BCUT2D eigenvalue weighted by atomic mass is 14.4. The van der Waals surface area contributed by atoms with Crippen LogP contribution in [0, 0.1) is 16.7 Å². The van der Waals surface area contributed by atoms with Crippen molar-refractivity contribution < 1.29 is 0 Å². The predicted molar refractivity (Wildman–Crippen MR) is 162 cm³/mol. The molecule has 0 aromatic heterocycles. The highest BCUT2D eigenvalue weighted by Gasteiger charge is 2.38. The van der Waals surface area contributed by atoms with Gasteiger partial charge in [0.2, 0.25) is 0 Å². The molecule has 0 fully saturated rings. The second-order valence-corrected chi connectivity index (χ2v) is 11.6. The van der Waals surface area contributed by atoms with Crippen LogP contribution in [-0.4, -0.2) is 0 Å². The summed E-state index contributed by atoms with van der Waals surface area (Å²) in [5.74, 6) is 0.845. The highest BCUT2D eigenvalue weighted by molar-refractivity contribution is 5.97. The van der Waals surface area contributed by atoms with Crippen molar-refractivity contribution in [3.05, 3.63) is 77.9 Å². The van der Waals surface area contributed by atoms with Crippen LogP contribution < -0.4 is 0 Å². The van der Waals surface area contributed by atoms with Crippen molar-refractivity contribution in [3.63, 3.8) is 0 Å². The van der Waals surface area contributed by atoms with E-state index in [4.69, 9.17) is 0 Å². The molecule has 1 aliphatic rings. The zero-order chi connectivity index (χ0) is 26.1. The maximum atomic E-state index is 4.44. The molecular weight excluding hydrogens is 420 g/mol. The lowest BCUT2D eigenvalue weighted by Crippen LogP contribution is -2.34. The molecule has 2 atom stereocenters. The van der Waals surface area contributed by atoms with Gasteiger partial charge in [-0.2, -0.15) is 0 Å². The summed E-state index contributed by atoms with van der Waals surface area (Å²) < 4.78 is 0. The van der Waals surface area contributed by atoms with E-state index in [0.29, 0.717) is 5.41 Å². The number of allylic oxidation sites excluding steroid dienone is 3. The topological polar surface area (TPSA) is 0 Å².